The predicted molar refractivity (Wildman–Crippen MR) is 144 cm³/mol. The second-order valence-corrected chi connectivity index (χ2v) is 12.4. The zero-order chi connectivity index (χ0) is 29.2. The molecule has 0 bridgehead atoms. The van der Waals surface area contributed by atoms with Crippen molar-refractivity contribution in [3.63, 3.8) is 0 Å². The van der Waals surface area contributed by atoms with Crippen LogP contribution in [0.4, 0.5) is 5.13 Å². The van der Waals surface area contributed by atoms with Crippen LogP contribution in [0, 0.1) is 0 Å². The van der Waals surface area contributed by atoms with Crippen LogP contribution in [0.2, 0.25) is 4.34 Å². The lowest BCUT2D eigenvalue weighted by atomic mass is 10.0. The maximum Gasteiger partial charge on any atom is 0.347 e. The number of oxime groups is 1. The molecule has 16 heteroatoms. The normalized spacial score (nSPS) is 19.1. The molecular formula is C24H25ClN6O7S2. The second kappa shape index (κ2) is 11.8. The molecule has 3 N–H and O–H groups in total. The number of carbonyl (C=O) groups is 4. The molecule has 0 aliphatic carbocycles. The Morgan fingerprint density at radius 2 is 2.00 bits per heavy atom. The van der Waals surface area contributed by atoms with E-state index in [1.807, 2.05) is 6.07 Å². The Bertz CT molecular complexity index is 1410. The van der Waals surface area contributed by atoms with E-state index in [0.717, 1.165) is 16.2 Å². The summed E-state index contributed by atoms with van der Waals surface area (Å²) >= 11 is 8.36. The number of nitrogens with zero attached hydrogens (tertiary/aromatic N) is 4. The highest BCUT2D eigenvalue weighted by Crippen LogP contribution is 2.40. The Morgan fingerprint density at radius 1 is 1.30 bits per heavy atom. The minimum Gasteiger partial charge on any atom is -0.543 e. The predicted octanol–water partition coefficient (Wildman–Crippen LogP) is -0.167. The van der Waals surface area contributed by atoms with Gasteiger partial charge in [0.1, 0.15) is 27.0 Å². The molecule has 4 rings (SSSR count). The SMILES string of the molecule is CC(C)(C)OC(=O)CON=C(C(=O)NC1C(=O)N2C(C(=O)[O-])=C(C[n+]3ccccc3)CS[C@@H]12)c1nc(N)sc1Cl. The first kappa shape index (κ1) is 29.3. The summed E-state index contributed by atoms with van der Waals surface area (Å²) in [7, 11) is 0. The lowest BCUT2D eigenvalue weighted by molar-refractivity contribution is -0.689. The molecule has 2 amide bonds. The number of carboxylic acid groups (broad SMARTS) is 1. The molecule has 0 saturated carbocycles. The lowest BCUT2D eigenvalue weighted by Crippen LogP contribution is -2.71. The van der Waals surface area contributed by atoms with Gasteiger partial charge >= 0.3 is 5.97 Å². The summed E-state index contributed by atoms with van der Waals surface area (Å²) in [6, 6.07) is 4.35. The molecule has 1 unspecified atom stereocenters. The number of anilines is 1. The van der Waals surface area contributed by atoms with Crippen molar-refractivity contribution < 1.29 is 38.4 Å². The van der Waals surface area contributed by atoms with Gasteiger partial charge in [0, 0.05) is 23.5 Å². The van der Waals surface area contributed by atoms with E-state index < -0.39 is 53.1 Å². The van der Waals surface area contributed by atoms with Crippen molar-refractivity contribution >= 4 is 69.3 Å². The number of amides is 2. The summed E-state index contributed by atoms with van der Waals surface area (Å²) < 4.78 is 6.97. The van der Waals surface area contributed by atoms with E-state index in [0.29, 0.717) is 11.3 Å². The summed E-state index contributed by atoms with van der Waals surface area (Å²) in [4.78, 5) is 60.5. The van der Waals surface area contributed by atoms with E-state index in [2.05, 4.69) is 15.5 Å². The fourth-order valence-electron chi connectivity index (χ4n) is 3.94. The molecule has 4 heterocycles. The number of pyridine rings is 1. The minimum absolute atomic E-state index is 0.0334. The number of esters is 1. The van der Waals surface area contributed by atoms with Gasteiger partial charge in [0.05, 0.1) is 11.7 Å². The van der Waals surface area contributed by atoms with Crippen molar-refractivity contribution in [1.29, 1.82) is 0 Å². The average Bonchev–Trinajstić information content (AvgIpc) is 3.21. The molecular weight excluding hydrogens is 584 g/mol. The van der Waals surface area contributed by atoms with Gasteiger partial charge in [-0.05, 0) is 20.8 Å². The van der Waals surface area contributed by atoms with Crippen molar-refractivity contribution in [3.8, 4) is 0 Å². The standard InChI is InChI=1S/C24H25ClN6O7S2/c1-24(2,3)38-13(32)10-37-29-15(14-18(25)40-23(26)28-14)19(33)27-16-20(34)31-17(22(35)36)12(11-39-21(16)31)9-30-7-5-4-6-8-30/h4-8,16,21H,9-11H2,1-3H3,(H3-,26,27,28,33,35,36)/t16?,21-/m0/s1. The Hall–Kier alpha value is -3.69. The highest BCUT2D eigenvalue weighted by atomic mass is 35.5. The first-order chi connectivity index (χ1) is 18.9. The van der Waals surface area contributed by atoms with Crippen LogP contribution in [-0.4, -0.2) is 68.7 Å². The molecule has 2 aliphatic rings. The number of hydrogen-bond donors (Lipinski definition) is 2. The Labute approximate surface area is 242 Å². The Balaban J connectivity index is 1.52. The summed E-state index contributed by atoms with van der Waals surface area (Å²) in [5.41, 5.74) is 4.69. The molecule has 0 radical (unpaired) electrons. The van der Waals surface area contributed by atoms with Gasteiger partial charge in [0.2, 0.25) is 6.61 Å². The zero-order valence-electron chi connectivity index (χ0n) is 21.6. The van der Waals surface area contributed by atoms with E-state index >= 15 is 0 Å². The van der Waals surface area contributed by atoms with E-state index in [9.17, 15) is 24.3 Å². The molecule has 13 nitrogen and oxygen atoms in total. The van der Waals surface area contributed by atoms with Gasteiger partial charge in [-0.25, -0.2) is 14.3 Å². The molecule has 2 atom stereocenters. The van der Waals surface area contributed by atoms with Crippen molar-refractivity contribution in [1.82, 2.24) is 15.2 Å². The fourth-order valence-corrected chi connectivity index (χ4v) is 6.20. The summed E-state index contributed by atoms with van der Waals surface area (Å²) in [5, 5.41) is 17.7. The van der Waals surface area contributed by atoms with Crippen LogP contribution < -0.4 is 20.7 Å². The summed E-state index contributed by atoms with van der Waals surface area (Å²) in [5.74, 6) is -3.45. The number of nitrogens with one attached hydrogen (secondary N) is 1. The van der Waals surface area contributed by atoms with Crippen molar-refractivity contribution in [2.24, 2.45) is 5.16 Å². The quantitative estimate of drug-likeness (QED) is 0.128. The van der Waals surface area contributed by atoms with Gasteiger partial charge < -0.3 is 30.5 Å². The summed E-state index contributed by atoms with van der Waals surface area (Å²) in [6.45, 7) is 4.68. The number of aliphatic carboxylic acids is 1. The Kier molecular flexibility index (Phi) is 8.65. The van der Waals surface area contributed by atoms with Crippen molar-refractivity contribution in [2.45, 2.75) is 44.3 Å². The lowest BCUT2D eigenvalue weighted by Gasteiger charge is -2.50. The van der Waals surface area contributed by atoms with Gasteiger partial charge in [0.15, 0.2) is 29.8 Å². The van der Waals surface area contributed by atoms with E-state index in [-0.39, 0.29) is 27.4 Å². The number of nitrogen functional groups attached to an aromatic ring is 1. The Morgan fingerprint density at radius 3 is 2.60 bits per heavy atom. The monoisotopic (exact) mass is 608 g/mol. The van der Waals surface area contributed by atoms with Crippen molar-refractivity contribution in [3.05, 3.63) is 51.9 Å². The molecule has 2 aliphatic heterocycles. The van der Waals surface area contributed by atoms with Gasteiger partial charge in [-0.15, -0.1) is 11.8 Å². The first-order valence-corrected chi connectivity index (χ1v) is 14.1. The highest BCUT2D eigenvalue weighted by molar-refractivity contribution is 8.00. The van der Waals surface area contributed by atoms with Gasteiger partial charge in [0.25, 0.3) is 11.8 Å². The maximum atomic E-state index is 13.3. The fraction of sp³-hybridized carbons (Fsp3) is 0.375. The minimum atomic E-state index is -1.49. The number of fused-ring (bicyclic) bond motifs is 1. The molecule has 0 spiro atoms. The molecule has 212 valence electrons. The average molecular weight is 609 g/mol. The van der Waals surface area contributed by atoms with Gasteiger partial charge in [-0.2, -0.15) is 0 Å². The zero-order valence-corrected chi connectivity index (χ0v) is 24.0. The van der Waals surface area contributed by atoms with Crippen LogP contribution in [-0.2, 0) is 35.3 Å². The van der Waals surface area contributed by atoms with Crippen LogP contribution in [0.15, 0.2) is 47.0 Å². The molecule has 1 fully saturated rings. The third-order valence-corrected chi connectivity index (χ3v) is 7.90. The van der Waals surface area contributed by atoms with Gasteiger partial charge in [-0.1, -0.05) is 34.2 Å². The number of rotatable bonds is 9. The van der Waals surface area contributed by atoms with Crippen LogP contribution >= 0.6 is 34.7 Å². The number of aromatic nitrogens is 2. The van der Waals surface area contributed by atoms with Crippen LogP contribution in [0.25, 0.3) is 0 Å². The van der Waals surface area contributed by atoms with Gasteiger partial charge in [-0.3, -0.25) is 14.5 Å². The number of nitrogens with two attached hydrogens (primary N) is 1. The van der Waals surface area contributed by atoms with Crippen molar-refractivity contribution in [2.75, 3.05) is 18.1 Å². The molecule has 2 aromatic rings. The number of halogens is 1. The number of β-lactam (4-membered cyclic amide) rings is 1. The largest absolute Gasteiger partial charge is 0.543 e. The smallest absolute Gasteiger partial charge is 0.347 e. The first-order valence-electron chi connectivity index (χ1n) is 11.8. The number of carbonyl (C=O) groups excluding carboxylic acids is 4. The number of carboxylic acids is 1. The molecule has 40 heavy (non-hydrogen) atoms. The third kappa shape index (κ3) is 6.54. The van der Waals surface area contributed by atoms with Crippen LogP contribution in [0.3, 0.4) is 0 Å². The van der Waals surface area contributed by atoms with E-state index in [1.54, 1.807) is 49.9 Å². The van der Waals surface area contributed by atoms with E-state index in [4.69, 9.17) is 26.9 Å². The molecule has 1 saturated heterocycles. The number of ether oxygens (including phenoxy) is 1. The number of thiazole rings is 1. The maximum absolute atomic E-state index is 13.3. The highest BCUT2D eigenvalue weighted by Gasteiger charge is 2.53. The molecule has 2 aromatic heterocycles. The molecule has 0 aromatic carbocycles. The topological polar surface area (TPSA) is 180 Å². The second-order valence-electron chi connectivity index (χ2n) is 9.62. The van der Waals surface area contributed by atoms with Crippen LogP contribution in [0.5, 0.6) is 0 Å². The number of thioether (sulfide) groups is 1. The summed E-state index contributed by atoms with van der Waals surface area (Å²) in [6.07, 6.45) is 3.56. The third-order valence-electron chi connectivity index (χ3n) is 5.48. The van der Waals surface area contributed by atoms with Crippen LogP contribution in [0.1, 0.15) is 26.5 Å². The van der Waals surface area contributed by atoms with E-state index in [1.165, 1.54) is 11.8 Å². The number of hydrogen-bond acceptors (Lipinski definition) is 12.